The molecule has 0 radical (unpaired) electrons. The average molecular weight is 491 g/mol. The molecule has 11 heteroatoms. The van der Waals surface area contributed by atoms with Gasteiger partial charge in [0.2, 0.25) is 15.9 Å². The first-order valence-electron chi connectivity index (χ1n) is 11.2. The van der Waals surface area contributed by atoms with Gasteiger partial charge in [0.1, 0.15) is 22.4 Å². The molecule has 0 aromatic heterocycles. The van der Waals surface area contributed by atoms with Crippen LogP contribution in [0.4, 0.5) is 5.69 Å². The Kier molecular flexibility index (Phi) is 6.72. The summed E-state index contributed by atoms with van der Waals surface area (Å²) < 4.78 is 27.3. The van der Waals surface area contributed by atoms with Gasteiger partial charge >= 0.3 is 0 Å². The second kappa shape index (κ2) is 9.41. The standard InChI is InChI=1S/C23H30N4O6S/c1-14(28)22(24)23(31)26-8-6-17(7-9-26)25-18-3-2-15-12-27(13-16(15)10-18)34(32,33)21-5-4-19(29)11-20(21)30/h2-5,10-11,14,17,22,25,28-30H,6-9,12-13,24H2,1H3/t14-,22+/m1/s1. The van der Waals surface area contributed by atoms with Gasteiger partial charge in [-0.2, -0.15) is 4.31 Å². The number of nitrogens with two attached hydrogens (primary N) is 1. The number of sulfonamides is 1. The molecule has 2 aromatic carbocycles. The molecule has 2 aliphatic rings. The molecule has 1 fully saturated rings. The van der Waals surface area contributed by atoms with Gasteiger partial charge in [0.25, 0.3) is 0 Å². The van der Waals surface area contributed by atoms with Crippen molar-refractivity contribution in [3.05, 3.63) is 47.5 Å². The van der Waals surface area contributed by atoms with E-state index >= 15 is 0 Å². The summed E-state index contributed by atoms with van der Waals surface area (Å²) in [6.45, 7) is 2.97. The van der Waals surface area contributed by atoms with Crippen LogP contribution in [0.2, 0.25) is 0 Å². The molecule has 1 amide bonds. The predicted octanol–water partition coefficient (Wildman–Crippen LogP) is 0.913. The molecule has 2 heterocycles. The van der Waals surface area contributed by atoms with Gasteiger partial charge in [-0.05, 0) is 55.2 Å². The van der Waals surface area contributed by atoms with Crippen LogP contribution in [0.5, 0.6) is 11.5 Å². The Balaban J connectivity index is 1.38. The minimum atomic E-state index is -3.94. The molecule has 2 aliphatic heterocycles. The number of fused-ring (bicyclic) bond motifs is 1. The van der Waals surface area contributed by atoms with Crippen LogP contribution in [0.15, 0.2) is 41.3 Å². The smallest absolute Gasteiger partial charge is 0.247 e. The number of hydrogen-bond acceptors (Lipinski definition) is 8. The minimum Gasteiger partial charge on any atom is -0.508 e. The summed E-state index contributed by atoms with van der Waals surface area (Å²) in [4.78, 5) is 13.8. The van der Waals surface area contributed by atoms with Gasteiger partial charge in [-0.1, -0.05) is 6.07 Å². The van der Waals surface area contributed by atoms with E-state index in [4.69, 9.17) is 5.73 Å². The molecule has 1 saturated heterocycles. The van der Waals surface area contributed by atoms with E-state index in [1.807, 2.05) is 18.2 Å². The molecule has 4 rings (SSSR count). The summed E-state index contributed by atoms with van der Waals surface area (Å²) in [6, 6.07) is 8.41. The van der Waals surface area contributed by atoms with E-state index in [1.54, 1.807) is 4.90 Å². The van der Waals surface area contributed by atoms with Crippen LogP contribution in [0.1, 0.15) is 30.9 Å². The highest BCUT2D eigenvalue weighted by Crippen LogP contribution is 2.35. The number of amides is 1. The number of hydrogen-bond donors (Lipinski definition) is 5. The van der Waals surface area contributed by atoms with Crippen molar-refractivity contribution >= 4 is 21.6 Å². The minimum absolute atomic E-state index is 0.153. The van der Waals surface area contributed by atoms with E-state index in [-0.39, 0.29) is 35.7 Å². The fourth-order valence-electron chi connectivity index (χ4n) is 4.38. The normalized spacial score (nSPS) is 19.0. The number of benzene rings is 2. The van der Waals surface area contributed by atoms with Gasteiger partial charge in [0.05, 0.1) is 6.10 Å². The Morgan fingerprint density at radius 2 is 1.76 bits per heavy atom. The van der Waals surface area contributed by atoms with Crippen molar-refractivity contribution in [2.24, 2.45) is 5.73 Å². The van der Waals surface area contributed by atoms with E-state index in [9.17, 15) is 28.5 Å². The highest BCUT2D eigenvalue weighted by Gasteiger charge is 2.33. The van der Waals surface area contributed by atoms with Crippen LogP contribution >= 0.6 is 0 Å². The lowest BCUT2D eigenvalue weighted by Gasteiger charge is -2.34. The fourth-order valence-corrected chi connectivity index (χ4v) is 5.84. The third-order valence-electron chi connectivity index (χ3n) is 6.44. The van der Waals surface area contributed by atoms with Gasteiger partial charge in [-0.25, -0.2) is 8.42 Å². The highest BCUT2D eigenvalue weighted by atomic mass is 32.2. The molecule has 34 heavy (non-hydrogen) atoms. The quantitative estimate of drug-likeness (QED) is 0.400. The lowest BCUT2D eigenvalue weighted by atomic mass is 10.0. The fraction of sp³-hybridized carbons (Fsp3) is 0.435. The van der Waals surface area contributed by atoms with E-state index in [0.717, 1.165) is 35.7 Å². The van der Waals surface area contributed by atoms with Crippen molar-refractivity contribution < 1.29 is 28.5 Å². The number of carbonyl (C=O) groups excluding carboxylic acids is 1. The number of rotatable bonds is 6. The highest BCUT2D eigenvalue weighted by molar-refractivity contribution is 7.89. The average Bonchev–Trinajstić information content (AvgIpc) is 3.23. The zero-order valence-corrected chi connectivity index (χ0v) is 19.7. The summed E-state index contributed by atoms with van der Waals surface area (Å²) in [5.74, 6) is -0.942. The number of likely N-dealkylation sites (tertiary alicyclic amines) is 1. The van der Waals surface area contributed by atoms with Crippen molar-refractivity contribution in [3.63, 3.8) is 0 Å². The molecule has 0 bridgehead atoms. The van der Waals surface area contributed by atoms with Crippen molar-refractivity contribution in [1.29, 1.82) is 0 Å². The van der Waals surface area contributed by atoms with Crippen molar-refractivity contribution in [2.45, 2.75) is 55.9 Å². The van der Waals surface area contributed by atoms with Gasteiger partial charge in [-0.3, -0.25) is 4.79 Å². The molecular formula is C23H30N4O6S. The number of aliphatic hydroxyl groups is 1. The molecule has 10 nitrogen and oxygen atoms in total. The van der Waals surface area contributed by atoms with Gasteiger partial charge in [-0.15, -0.1) is 0 Å². The van der Waals surface area contributed by atoms with E-state index in [1.165, 1.54) is 23.4 Å². The number of carbonyl (C=O) groups is 1. The van der Waals surface area contributed by atoms with Crippen LogP contribution in [-0.2, 0) is 27.9 Å². The molecule has 0 saturated carbocycles. The molecule has 184 valence electrons. The summed E-state index contributed by atoms with van der Waals surface area (Å²) >= 11 is 0. The maximum Gasteiger partial charge on any atom is 0.247 e. The third-order valence-corrected chi connectivity index (χ3v) is 8.28. The Hall–Kier alpha value is -2.86. The molecule has 2 aromatic rings. The molecule has 0 unspecified atom stereocenters. The van der Waals surface area contributed by atoms with Gasteiger partial charge in [0.15, 0.2) is 0 Å². The summed E-state index contributed by atoms with van der Waals surface area (Å²) in [5, 5.41) is 32.5. The van der Waals surface area contributed by atoms with E-state index in [0.29, 0.717) is 13.1 Å². The summed E-state index contributed by atoms with van der Waals surface area (Å²) in [7, 11) is -3.94. The van der Waals surface area contributed by atoms with Gasteiger partial charge in [0, 0.05) is 44.0 Å². The first-order chi connectivity index (χ1) is 16.1. The zero-order chi connectivity index (χ0) is 24.6. The monoisotopic (exact) mass is 490 g/mol. The first kappa shape index (κ1) is 24.3. The number of aromatic hydroxyl groups is 2. The van der Waals surface area contributed by atoms with Gasteiger partial charge < -0.3 is 31.3 Å². The number of phenols is 2. The molecule has 2 atom stereocenters. The zero-order valence-electron chi connectivity index (χ0n) is 18.9. The van der Waals surface area contributed by atoms with Crippen LogP contribution in [0.3, 0.4) is 0 Å². The third kappa shape index (κ3) is 4.83. The molecule has 6 N–H and O–H groups in total. The molecular weight excluding hydrogens is 460 g/mol. The number of nitrogens with one attached hydrogen (secondary N) is 1. The Bertz CT molecular complexity index is 1180. The lowest BCUT2D eigenvalue weighted by Crippen LogP contribution is -2.52. The largest absolute Gasteiger partial charge is 0.508 e. The summed E-state index contributed by atoms with van der Waals surface area (Å²) in [6.07, 6.45) is 0.572. The molecule has 0 spiro atoms. The number of nitrogens with zero attached hydrogens (tertiary/aromatic N) is 2. The second-order valence-electron chi connectivity index (χ2n) is 8.92. The Labute approximate surface area is 198 Å². The van der Waals surface area contributed by atoms with Crippen LogP contribution in [0, 0.1) is 0 Å². The van der Waals surface area contributed by atoms with Crippen LogP contribution in [-0.4, -0.2) is 70.1 Å². The number of piperidine rings is 1. The van der Waals surface area contributed by atoms with Crippen molar-refractivity contribution in [3.8, 4) is 11.5 Å². The van der Waals surface area contributed by atoms with Crippen molar-refractivity contribution in [1.82, 2.24) is 9.21 Å². The Morgan fingerprint density at radius 1 is 1.09 bits per heavy atom. The lowest BCUT2D eigenvalue weighted by molar-refractivity contribution is -0.135. The number of anilines is 1. The van der Waals surface area contributed by atoms with Crippen LogP contribution < -0.4 is 11.1 Å². The first-order valence-corrected chi connectivity index (χ1v) is 12.6. The van der Waals surface area contributed by atoms with E-state index < -0.39 is 27.9 Å². The summed E-state index contributed by atoms with van der Waals surface area (Å²) in [5.41, 5.74) is 8.40. The second-order valence-corrected chi connectivity index (χ2v) is 10.8. The molecule has 0 aliphatic carbocycles. The number of phenolic OH excluding ortho intramolecular Hbond substituents is 2. The Morgan fingerprint density at radius 3 is 2.41 bits per heavy atom. The maximum atomic E-state index is 13.0. The predicted molar refractivity (Wildman–Crippen MR) is 126 cm³/mol. The van der Waals surface area contributed by atoms with Crippen LogP contribution in [0.25, 0.3) is 0 Å². The number of aliphatic hydroxyl groups excluding tert-OH is 1. The SMILES string of the molecule is C[C@@H](O)[C@H](N)C(=O)N1CCC(Nc2ccc3c(c2)CN(S(=O)(=O)c2ccc(O)cc2O)C3)CC1. The topological polar surface area (TPSA) is 156 Å². The maximum absolute atomic E-state index is 13.0. The van der Waals surface area contributed by atoms with E-state index in [2.05, 4.69) is 5.32 Å². The van der Waals surface area contributed by atoms with Crippen molar-refractivity contribution in [2.75, 3.05) is 18.4 Å².